The summed E-state index contributed by atoms with van der Waals surface area (Å²) in [5.74, 6) is 1.32. The molecule has 2 aromatic heterocycles. The fourth-order valence-corrected chi connectivity index (χ4v) is 3.58. The summed E-state index contributed by atoms with van der Waals surface area (Å²) in [7, 11) is 0. The molecule has 0 radical (unpaired) electrons. The molecule has 1 fully saturated rings. The van der Waals surface area contributed by atoms with Crippen molar-refractivity contribution >= 4 is 22.4 Å². The van der Waals surface area contributed by atoms with Gasteiger partial charge in [0.25, 0.3) is 5.91 Å². The minimum atomic E-state index is 0.0528. The molecule has 112 valence electrons. The summed E-state index contributed by atoms with van der Waals surface area (Å²) >= 11 is 1.29. The molecule has 7 nitrogen and oxygen atoms in total. The molecular formula is C13H18N6OS. The van der Waals surface area contributed by atoms with Crippen LogP contribution in [0.2, 0.25) is 0 Å². The van der Waals surface area contributed by atoms with Crippen LogP contribution in [0.5, 0.6) is 0 Å². The molecule has 2 aromatic rings. The van der Waals surface area contributed by atoms with Crippen LogP contribution in [0.25, 0.3) is 0 Å². The number of hydrogen-bond acceptors (Lipinski definition) is 6. The molecule has 0 bridgehead atoms. The van der Waals surface area contributed by atoms with E-state index in [2.05, 4.69) is 20.2 Å². The zero-order chi connectivity index (χ0) is 14.8. The predicted molar refractivity (Wildman–Crippen MR) is 80.2 cm³/mol. The number of thiazole rings is 1. The molecule has 3 N–H and O–H groups in total. The van der Waals surface area contributed by atoms with Crippen LogP contribution in [0.15, 0.2) is 6.33 Å². The maximum Gasteiger partial charge on any atom is 0.265 e. The molecule has 0 aromatic carbocycles. The molecule has 1 saturated heterocycles. The zero-order valence-corrected chi connectivity index (χ0v) is 12.7. The van der Waals surface area contributed by atoms with E-state index in [1.165, 1.54) is 17.7 Å². The summed E-state index contributed by atoms with van der Waals surface area (Å²) in [6, 6.07) is 0. The van der Waals surface area contributed by atoms with Crippen LogP contribution in [0.3, 0.4) is 0 Å². The molecule has 0 unspecified atom stereocenters. The van der Waals surface area contributed by atoms with Crippen molar-refractivity contribution in [2.45, 2.75) is 32.1 Å². The van der Waals surface area contributed by atoms with Gasteiger partial charge in [-0.05, 0) is 19.3 Å². The summed E-state index contributed by atoms with van der Waals surface area (Å²) in [5.41, 5.74) is 6.53. The Morgan fingerprint density at radius 3 is 2.90 bits per heavy atom. The number of nitrogens with zero attached hydrogens (tertiary/aromatic N) is 4. The van der Waals surface area contributed by atoms with E-state index in [1.54, 1.807) is 0 Å². The van der Waals surface area contributed by atoms with Gasteiger partial charge in [-0.1, -0.05) is 18.3 Å². The van der Waals surface area contributed by atoms with E-state index < -0.39 is 0 Å². The van der Waals surface area contributed by atoms with E-state index in [0.29, 0.717) is 15.9 Å². The lowest BCUT2D eigenvalue weighted by Gasteiger charge is -2.30. The first kappa shape index (κ1) is 14.0. The minimum absolute atomic E-state index is 0.0528. The van der Waals surface area contributed by atoms with Crippen molar-refractivity contribution < 1.29 is 4.79 Å². The Morgan fingerprint density at radius 1 is 1.52 bits per heavy atom. The summed E-state index contributed by atoms with van der Waals surface area (Å²) in [4.78, 5) is 23.6. The highest BCUT2D eigenvalue weighted by Gasteiger charge is 2.28. The Labute approximate surface area is 126 Å². The molecule has 3 rings (SSSR count). The summed E-state index contributed by atoms with van der Waals surface area (Å²) in [6.07, 6.45) is 4.05. The fraction of sp³-hybridized carbons (Fsp3) is 0.538. The Balaban J connectivity index is 1.67. The summed E-state index contributed by atoms with van der Waals surface area (Å²) in [5, 5.41) is 7.27. The number of aromatic amines is 1. The molecule has 1 amide bonds. The highest BCUT2D eigenvalue weighted by atomic mass is 32.1. The number of hydrogen-bond donors (Lipinski definition) is 2. The normalized spacial score (nSPS) is 16.3. The van der Waals surface area contributed by atoms with E-state index >= 15 is 0 Å². The molecule has 1 aliphatic rings. The average Bonchev–Trinajstić information content (AvgIpc) is 3.16. The van der Waals surface area contributed by atoms with Crippen LogP contribution in [0.1, 0.15) is 46.9 Å². The smallest absolute Gasteiger partial charge is 0.265 e. The predicted octanol–water partition coefficient (Wildman–Crippen LogP) is 1.43. The Kier molecular flexibility index (Phi) is 3.87. The SMILES string of the molecule is CCc1nc(N)sc1C(=O)N1CCC(c2ncn[nH]2)CC1. The van der Waals surface area contributed by atoms with E-state index in [4.69, 9.17) is 5.73 Å². The molecule has 1 aliphatic heterocycles. The average molecular weight is 306 g/mol. The zero-order valence-electron chi connectivity index (χ0n) is 11.9. The molecule has 0 saturated carbocycles. The number of piperidine rings is 1. The Morgan fingerprint density at radius 2 is 2.29 bits per heavy atom. The van der Waals surface area contributed by atoms with Crippen molar-refractivity contribution in [3.63, 3.8) is 0 Å². The van der Waals surface area contributed by atoms with Gasteiger partial charge in [0.1, 0.15) is 17.0 Å². The van der Waals surface area contributed by atoms with Crippen LogP contribution in [-0.4, -0.2) is 44.1 Å². The number of carbonyl (C=O) groups is 1. The van der Waals surface area contributed by atoms with E-state index in [-0.39, 0.29) is 5.91 Å². The van der Waals surface area contributed by atoms with Crippen LogP contribution >= 0.6 is 11.3 Å². The van der Waals surface area contributed by atoms with Crippen LogP contribution < -0.4 is 5.73 Å². The van der Waals surface area contributed by atoms with Gasteiger partial charge in [0.2, 0.25) is 0 Å². The first-order valence-corrected chi connectivity index (χ1v) is 7.90. The highest BCUT2D eigenvalue weighted by Crippen LogP contribution is 2.28. The standard InChI is InChI=1S/C13H18N6OS/c1-2-9-10(21-13(14)17-9)12(20)19-5-3-8(4-6-19)11-15-7-16-18-11/h7-8H,2-6H2,1H3,(H2,14,17)(H,15,16,18). The van der Waals surface area contributed by atoms with Crippen molar-refractivity contribution in [1.82, 2.24) is 25.1 Å². The van der Waals surface area contributed by atoms with Crippen LogP contribution in [0, 0.1) is 0 Å². The van der Waals surface area contributed by atoms with Crippen molar-refractivity contribution in [2.75, 3.05) is 18.8 Å². The Bertz CT molecular complexity index is 615. The number of H-pyrrole nitrogens is 1. The number of nitrogen functional groups attached to an aromatic ring is 1. The lowest BCUT2D eigenvalue weighted by atomic mass is 9.96. The molecule has 0 aliphatic carbocycles. The van der Waals surface area contributed by atoms with E-state index in [9.17, 15) is 4.79 Å². The summed E-state index contributed by atoms with van der Waals surface area (Å²) < 4.78 is 0. The number of carbonyl (C=O) groups excluding carboxylic acids is 1. The van der Waals surface area contributed by atoms with Gasteiger partial charge in [-0.25, -0.2) is 9.97 Å². The van der Waals surface area contributed by atoms with Crippen molar-refractivity contribution in [2.24, 2.45) is 0 Å². The molecule has 0 spiro atoms. The number of likely N-dealkylation sites (tertiary alicyclic amines) is 1. The second kappa shape index (κ2) is 5.80. The lowest BCUT2D eigenvalue weighted by Crippen LogP contribution is -2.38. The lowest BCUT2D eigenvalue weighted by molar-refractivity contribution is 0.0715. The molecule has 3 heterocycles. The third-order valence-corrected chi connectivity index (χ3v) is 4.76. The first-order chi connectivity index (χ1) is 10.2. The van der Waals surface area contributed by atoms with Crippen molar-refractivity contribution in [3.05, 3.63) is 22.7 Å². The van der Waals surface area contributed by atoms with E-state index in [0.717, 1.165) is 43.9 Å². The van der Waals surface area contributed by atoms with Gasteiger partial charge in [0.05, 0.1) is 5.69 Å². The fourth-order valence-electron chi connectivity index (χ4n) is 2.69. The largest absolute Gasteiger partial charge is 0.375 e. The number of nitrogens with one attached hydrogen (secondary N) is 1. The van der Waals surface area contributed by atoms with Crippen molar-refractivity contribution in [1.29, 1.82) is 0 Å². The third kappa shape index (κ3) is 2.76. The minimum Gasteiger partial charge on any atom is -0.375 e. The topological polar surface area (TPSA) is 101 Å². The van der Waals surface area contributed by atoms with Gasteiger partial charge in [0, 0.05) is 19.0 Å². The van der Waals surface area contributed by atoms with Crippen molar-refractivity contribution in [3.8, 4) is 0 Å². The quantitative estimate of drug-likeness (QED) is 0.893. The monoisotopic (exact) mass is 306 g/mol. The molecular weight excluding hydrogens is 288 g/mol. The molecule has 21 heavy (non-hydrogen) atoms. The summed E-state index contributed by atoms with van der Waals surface area (Å²) in [6.45, 7) is 3.44. The Hall–Kier alpha value is -1.96. The van der Waals surface area contributed by atoms with Gasteiger partial charge in [-0.15, -0.1) is 0 Å². The second-order valence-electron chi connectivity index (χ2n) is 5.12. The number of amides is 1. The van der Waals surface area contributed by atoms with E-state index in [1.807, 2.05) is 11.8 Å². The number of aromatic nitrogens is 4. The second-order valence-corrected chi connectivity index (χ2v) is 6.15. The first-order valence-electron chi connectivity index (χ1n) is 7.08. The molecule has 0 atom stereocenters. The van der Waals surface area contributed by atoms with Crippen LogP contribution in [-0.2, 0) is 6.42 Å². The van der Waals surface area contributed by atoms with Gasteiger partial charge < -0.3 is 10.6 Å². The number of rotatable bonds is 3. The third-order valence-electron chi connectivity index (χ3n) is 3.85. The van der Waals surface area contributed by atoms with Gasteiger partial charge >= 0.3 is 0 Å². The van der Waals surface area contributed by atoms with Gasteiger partial charge in [-0.2, -0.15) is 5.10 Å². The van der Waals surface area contributed by atoms with Gasteiger partial charge in [0.15, 0.2) is 5.13 Å². The highest BCUT2D eigenvalue weighted by molar-refractivity contribution is 7.17. The number of anilines is 1. The van der Waals surface area contributed by atoms with Gasteiger partial charge in [-0.3, -0.25) is 9.89 Å². The number of nitrogens with two attached hydrogens (primary N) is 1. The number of aryl methyl sites for hydroxylation is 1. The molecule has 8 heteroatoms. The maximum atomic E-state index is 12.6. The van der Waals surface area contributed by atoms with Crippen LogP contribution in [0.4, 0.5) is 5.13 Å². The maximum absolute atomic E-state index is 12.6.